The highest BCUT2D eigenvalue weighted by molar-refractivity contribution is 5.93. The van der Waals surface area contributed by atoms with Crippen molar-refractivity contribution in [2.45, 2.75) is 38.3 Å². The Morgan fingerprint density at radius 2 is 2.00 bits per heavy atom. The number of rotatable bonds is 5. The van der Waals surface area contributed by atoms with Crippen LogP contribution in [0.15, 0.2) is 65.9 Å². The number of hydrogen-bond donors (Lipinski definition) is 0. The van der Waals surface area contributed by atoms with Crippen molar-refractivity contribution in [3.05, 3.63) is 76.5 Å². The van der Waals surface area contributed by atoms with Crippen LogP contribution in [-0.2, 0) is 9.53 Å². The Kier molecular flexibility index (Phi) is 5.47. The minimum atomic E-state index is -0.423. The van der Waals surface area contributed by atoms with Gasteiger partial charge in [0.1, 0.15) is 0 Å². The Morgan fingerprint density at radius 3 is 2.70 bits per heavy atom. The number of benzene rings is 2. The summed E-state index contributed by atoms with van der Waals surface area (Å²) >= 11 is 0. The molecule has 1 saturated heterocycles. The number of carbonyl (C=O) groups excluding carboxylic acids is 1. The van der Waals surface area contributed by atoms with Crippen LogP contribution in [-0.4, -0.2) is 44.0 Å². The highest BCUT2D eigenvalue weighted by Gasteiger charge is 2.38. The summed E-state index contributed by atoms with van der Waals surface area (Å²) in [6, 6.07) is 15.6. The molecule has 5 rings (SSSR count). The van der Waals surface area contributed by atoms with Crippen LogP contribution in [0.25, 0.3) is 16.9 Å². The van der Waals surface area contributed by atoms with Crippen molar-refractivity contribution in [3.8, 4) is 16.9 Å². The van der Waals surface area contributed by atoms with E-state index in [0.29, 0.717) is 24.3 Å². The van der Waals surface area contributed by atoms with Crippen LogP contribution >= 0.6 is 0 Å². The van der Waals surface area contributed by atoms with Crippen molar-refractivity contribution in [1.29, 1.82) is 0 Å². The van der Waals surface area contributed by atoms with Gasteiger partial charge in [0.2, 0.25) is 5.91 Å². The zero-order valence-corrected chi connectivity index (χ0v) is 18.1. The number of hydrazone groups is 1. The van der Waals surface area contributed by atoms with Gasteiger partial charge < -0.3 is 4.74 Å². The minimum Gasteiger partial charge on any atom is -0.372 e. The Hall–Kier alpha value is -3.85. The van der Waals surface area contributed by atoms with E-state index in [1.165, 1.54) is 24.1 Å². The van der Waals surface area contributed by atoms with Gasteiger partial charge in [-0.3, -0.25) is 14.9 Å². The lowest BCUT2D eigenvalue weighted by Crippen LogP contribution is -2.24. The van der Waals surface area contributed by atoms with Gasteiger partial charge in [0.05, 0.1) is 34.2 Å². The smallest absolute Gasteiger partial charge is 0.270 e. The van der Waals surface area contributed by atoms with E-state index in [0.717, 1.165) is 29.8 Å². The summed E-state index contributed by atoms with van der Waals surface area (Å²) in [6.07, 6.45) is 4.20. The molecule has 0 N–H and O–H groups in total. The highest BCUT2D eigenvalue weighted by atomic mass is 16.6. The molecule has 9 nitrogen and oxygen atoms in total. The van der Waals surface area contributed by atoms with Gasteiger partial charge in [0.25, 0.3) is 5.69 Å². The fourth-order valence-corrected chi connectivity index (χ4v) is 4.44. The van der Waals surface area contributed by atoms with Gasteiger partial charge in [-0.15, -0.1) is 0 Å². The van der Waals surface area contributed by atoms with Gasteiger partial charge in [0, 0.05) is 49.4 Å². The Balaban J connectivity index is 1.61. The molecule has 2 atom stereocenters. The molecule has 2 aliphatic heterocycles. The minimum absolute atomic E-state index is 0.0150. The number of nitro groups is 1. The molecule has 3 heterocycles. The number of carbonyl (C=O) groups is 1. The van der Waals surface area contributed by atoms with Crippen molar-refractivity contribution in [2.24, 2.45) is 5.10 Å². The number of nitro benzene ring substituents is 1. The average Bonchev–Trinajstić information content (AvgIpc) is 3.58. The molecule has 0 saturated carbocycles. The van der Waals surface area contributed by atoms with Crippen LogP contribution < -0.4 is 0 Å². The quantitative estimate of drug-likeness (QED) is 0.431. The van der Waals surface area contributed by atoms with E-state index in [2.05, 4.69) is 5.10 Å². The van der Waals surface area contributed by atoms with E-state index >= 15 is 0 Å². The average molecular weight is 445 g/mol. The molecule has 3 aromatic rings. The summed E-state index contributed by atoms with van der Waals surface area (Å²) in [5.41, 5.74) is 3.67. The van der Waals surface area contributed by atoms with E-state index < -0.39 is 4.92 Å². The predicted octanol–water partition coefficient (Wildman–Crippen LogP) is 4.28. The number of non-ortho nitro benzene ring substituents is 1. The zero-order valence-electron chi connectivity index (χ0n) is 18.1. The molecule has 1 fully saturated rings. The van der Waals surface area contributed by atoms with Crippen molar-refractivity contribution in [2.75, 3.05) is 6.61 Å². The van der Waals surface area contributed by atoms with E-state index in [-0.39, 0.29) is 23.7 Å². The first-order valence-corrected chi connectivity index (χ1v) is 10.9. The van der Waals surface area contributed by atoms with Gasteiger partial charge in [0.15, 0.2) is 0 Å². The van der Waals surface area contributed by atoms with Crippen LogP contribution in [0.3, 0.4) is 0 Å². The maximum absolute atomic E-state index is 12.5. The van der Waals surface area contributed by atoms with Gasteiger partial charge >= 0.3 is 0 Å². The summed E-state index contributed by atoms with van der Waals surface area (Å²) in [6.45, 7) is 2.18. The predicted molar refractivity (Wildman–Crippen MR) is 122 cm³/mol. The van der Waals surface area contributed by atoms with Crippen molar-refractivity contribution >= 4 is 17.3 Å². The van der Waals surface area contributed by atoms with Gasteiger partial charge in [-0.2, -0.15) is 10.2 Å². The number of ether oxygens (including phenoxy) is 1. The third-order valence-corrected chi connectivity index (χ3v) is 6.01. The monoisotopic (exact) mass is 445 g/mol. The summed E-state index contributed by atoms with van der Waals surface area (Å²) in [7, 11) is 0. The van der Waals surface area contributed by atoms with Crippen molar-refractivity contribution in [3.63, 3.8) is 0 Å². The molecule has 1 amide bonds. The fraction of sp³-hybridized carbons (Fsp3) is 0.292. The second-order valence-corrected chi connectivity index (χ2v) is 8.20. The Labute approximate surface area is 190 Å². The molecule has 0 aliphatic carbocycles. The molecule has 2 unspecified atom stereocenters. The van der Waals surface area contributed by atoms with Crippen LogP contribution in [0.5, 0.6) is 0 Å². The number of amides is 1. The first-order valence-electron chi connectivity index (χ1n) is 10.9. The van der Waals surface area contributed by atoms with Crippen molar-refractivity contribution < 1.29 is 14.5 Å². The molecule has 0 spiro atoms. The molecule has 168 valence electrons. The maximum Gasteiger partial charge on any atom is 0.270 e. The lowest BCUT2D eigenvalue weighted by atomic mass is 9.96. The summed E-state index contributed by atoms with van der Waals surface area (Å²) in [4.78, 5) is 23.5. The number of para-hydroxylation sites is 1. The van der Waals surface area contributed by atoms with Gasteiger partial charge in [-0.1, -0.05) is 30.3 Å². The SMILES string of the molecule is CC(=O)N1N=C(C2CCCO2)CC1c1cn(-c2ccccc2)nc1-c1cccc([N+](=O)[O-])c1. The van der Waals surface area contributed by atoms with Crippen LogP contribution in [0.1, 0.15) is 37.8 Å². The lowest BCUT2D eigenvalue weighted by molar-refractivity contribution is -0.384. The zero-order chi connectivity index (χ0) is 22.9. The number of aromatic nitrogens is 2. The molecular weight excluding hydrogens is 422 g/mol. The topological polar surface area (TPSA) is 103 Å². The molecule has 33 heavy (non-hydrogen) atoms. The van der Waals surface area contributed by atoms with Crippen molar-refractivity contribution in [1.82, 2.24) is 14.8 Å². The van der Waals surface area contributed by atoms with E-state index in [4.69, 9.17) is 9.84 Å². The molecule has 2 aliphatic rings. The Bertz CT molecular complexity index is 1230. The van der Waals surface area contributed by atoms with E-state index in [1.54, 1.807) is 16.8 Å². The number of nitrogens with zero attached hydrogens (tertiary/aromatic N) is 5. The lowest BCUT2D eigenvalue weighted by Gasteiger charge is -2.20. The maximum atomic E-state index is 12.5. The fourth-order valence-electron chi connectivity index (χ4n) is 4.44. The third-order valence-electron chi connectivity index (χ3n) is 6.01. The molecule has 9 heteroatoms. The normalized spacial score (nSPS) is 20.2. The standard InChI is InChI=1S/C24H23N5O4/c1-16(30)28-22(14-21(25-28)23-11-6-12-33-23)20-15-27(18-8-3-2-4-9-18)26-24(20)17-7-5-10-19(13-17)29(31)32/h2-5,7-10,13,15,22-23H,6,11-12,14H2,1H3. The third kappa shape index (κ3) is 4.03. The second-order valence-electron chi connectivity index (χ2n) is 8.20. The molecular formula is C24H23N5O4. The first kappa shape index (κ1) is 21.0. The van der Waals surface area contributed by atoms with Crippen LogP contribution in [0, 0.1) is 10.1 Å². The summed E-state index contributed by atoms with van der Waals surface area (Å²) < 4.78 is 7.56. The molecule has 0 radical (unpaired) electrons. The van der Waals surface area contributed by atoms with Crippen LogP contribution in [0.2, 0.25) is 0 Å². The first-order chi connectivity index (χ1) is 16.0. The van der Waals surface area contributed by atoms with E-state index in [1.807, 2.05) is 36.5 Å². The summed E-state index contributed by atoms with van der Waals surface area (Å²) in [5.74, 6) is -0.176. The van der Waals surface area contributed by atoms with Gasteiger partial charge in [-0.25, -0.2) is 9.69 Å². The highest BCUT2D eigenvalue weighted by Crippen LogP contribution is 2.39. The summed E-state index contributed by atoms with van der Waals surface area (Å²) in [5, 5.41) is 22.3. The molecule has 2 aromatic carbocycles. The number of hydrogen-bond acceptors (Lipinski definition) is 6. The molecule has 0 bridgehead atoms. The van der Waals surface area contributed by atoms with Gasteiger partial charge in [-0.05, 0) is 25.0 Å². The molecule has 1 aromatic heterocycles. The largest absolute Gasteiger partial charge is 0.372 e. The second kappa shape index (κ2) is 8.59. The Morgan fingerprint density at radius 1 is 1.18 bits per heavy atom. The van der Waals surface area contributed by atoms with Crippen LogP contribution in [0.4, 0.5) is 5.69 Å². The van der Waals surface area contributed by atoms with E-state index in [9.17, 15) is 14.9 Å².